The maximum Gasteiger partial charge on any atom is 0.266 e. The lowest BCUT2D eigenvalue weighted by molar-refractivity contribution is -0.118. The summed E-state index contributed by atoms with van der Waals surface area (Å²) >= 11 is 0. The summed E-state index contributed by atoms with van der Waals surface area (Å²) in [6, 6.07) is 3.44. The SMILES string of the molecule is Cc1n[nH]c(C)c1S(=O)(=O)Nc1ccc(N2CCN(C=O)CC2)cn1. The first-order valence-corrected chi connectivity index (χ1v) is 9.34. The lowest BCUT2D eigenvalue weighted by Crippen LogP contribution is -2.45. The van der Waals surface area contributed by atoms with Crippen molar-refractivity contribution in [3.63, 3.8) is 0 Å². The molecule has 2 N–H and O–H groups in total. The highest BCUT2D eigenvalue weighted by Crippen LogP contribution is 2.21. The van der Waals surface area contributed by atoms with E-state index in [9.17, 15) is 13.2 Å². The number of H-pyrrole nitrogens is 1. The predicted octanol–water partition coefficient (Wildman–Crippen LogP) is 0.501. The second-order valence-corrected chi connectivity index (χ2v) is 7.52. The van der Waals surface area contributed by atoms with E-state index in [0.29, 0.717) is 24.5 Å². The maximum absolute atomic E-state index is 12.5. The van der Waals surface area contributed by atoms with Crippen LogP contribution in [-0.4, -0.2) is 61.1 Å². The van der Waals surface area contributed by atoms with Crippen LogP contribution in [0.25, 0.3) is 0 Å². The number of aromatic amines is 1. The summed E-state index contributed by atoms with van der Waals surface area (Å²) in [5.74, 6) is 0.246. The molecule has 2 aromatic heterocycles. The summed E-state index contributed by atoms with van der Waals surface area (Å²) in [5.41, 5.74) is 1.79. The predicted molar refractivity (Wildman–Crippen MR) is 93.0 cm³/mol. The number of aromatic nitrogens is 3. The van der Waals surface area contributed by atoms with Gasteiger partial charge in [0.05, 0.1) is 23.3 Å². The van der Waals surface area contributed by atoms with E-state index in [-0.39, 0.29) is 10.7 Å². The number of nitrogens with one attached hydrogen (secondary N) is 2. The number of pyridine rings is 1. The first kappa shape index (κ1) is 17.2. The number of carbonyl (C=O) groups excluding carboxylic acids is 1. The Bertz CT molecular complexity index is 834. The summed E-state index contributed by atoms with van der Waals surface area (Å²) in [6.07, 6.45) is 2.48. The van der Waals surface area contributed by atoms with Crippen molar-refractivity contribution in [3.05, 3.63) is 29.7 Å². The molecule has 0 saturated carbocycles. The fourth-order valence-electron chi connectivity index (χ4n) is 2.84. The van der Waals surface area contributed by atoms with E-state index >= 15 is 0 Å². The molecule has 3 rings (SSSR count). The monoisotopic (exact) mass is 364 g/mol. The van der Waals surface area contributed by atoms with Crippen molar-refractivity contribution in [1.29, 1.82) is 0 Å². The highest BCUT2D eigenvalue weighted by molar-refractivity contribution is 7.92. The summed E-state index contributed by atoms with van der Waals surface area (Å²) in [5, 5.41) is 6.58. The van der Waals surface area contributed by atoms with Gasteiger partial charge in [0.2, 0.25) is 6.41 Å². The number of hydrogen-bond donors (Lipinski definition) is 2. The van der Waals surface area contributed by atoms with E-state index in [1.165, 1.54) is 0 Å². The van der Waals surface area contributed by atoms with Gasteiger partial charge < -0.3 is 9.80 Å². The highest BCUT2D eigenvalue weighted by atomic mass is 32.2. The molecule has 134 valence electrons. The Hall–Kier alpha value is -2.62. The molecule has 1 aliphatic rings. The van der Waals surface area contributed by atoms with Crippen LogP contribution in [0.5, 0.6) is 0 Å². The van der Waals surface area contributed by atoms with E-state index in [4.69, 9.17) is 0 Å². The van der Waals surface area contributed by atoms with Gasteiger partial charge in [-0.1, -0.05) is 0 Å². The number of aryl methyl sites for hydroxylation is 2. The van der Waals surface area contributed by atoms with Crippen molar-refractivity contribution < 1.29 is 13.2 Å². The standard InChI is InChI=1S/C15H20N6O3S/c1-11-15(12(2)18-17-11)25(23,24)19-14-4-3-13(9-16-14)21-7-5-20(10-22)6-8-21/h3-4,9-10H,5-8H2,1-2H3,(H,16,19)(H,17,18). The van der Waals surface area contributed by atoms with Crippen LogP contribution in [0.3, 0.4) is 0 Å². The molecule has 0 spiro atoms. The maximum atomic E-state index is 12.5. The molecule has 3 heterocycles. The lowest BCUT2D eigenvalue weighted by atomic mass is 10.3. The average Bonchev–Trinajstić information content (AvgIpc) is 2.95. The van der Waals surface area contributed by atoms with Gasteiger partial charge in [-0.2, -0.15) is 5.10 Å². The second kappa shape index (κ2) is 6.71. The molecule has 0 radical (unpaired) electrons. The minimum atomic E-state index is -3.75. The largest absolute Gasteiger partial charge is 0.367 e. The van der Waals surface area contributed by atoms with Crippen LogP contribution in [0.1, 0.15) is 11.4 Å². The number of hydrogen-bond acceptors (Lipinski definition) is 6. The third-order valence-corrected chi connectivity index (χ3v) is 5.76. The molecule has 1 amide bonds. The molecule has 0 bridgehead atoms. The van der Waals surface area contributed by atoms with Gasteiger partial charge in [0.1, 0.15) is 10.7 Å². The molecule has 1 aliphatic heterocycles. The first-order valence-electron chi connectivity index (χ1n) is 7.85. The number of piperazine rings is 1. The van der Waals surface area contributed by atoms with E-state index in [2.05, 4.69) is 24.8 Å². The molecule has 0 unspecified atom stereocenters. The first-order chi connectivity index (χ1) is 11.9. The molecule has 1 saturated heterocycles. The summed E-state index contributed by atoms with van der Waals surface area (Å²) < 4.78 is 27.5. The highest BCUT2D eigenvalue weighted by Gasteiger charge is 2.23. The average molecular weight is 364 g/mol. The number of carbonyl (C=O) groups is 1. The van der Waals surface area contributed by atoms with E-state index in [0.717, 1.165) is 25.2 Å². The van der Waals surface area contributed by atoms with Gasteiger partial charge in [-0.25, -0.2) is 13.4 Å². The molecule has 1 fully saturated rings. The molecule has 0 aromatic carbocycles. The topological polar surface area (TPSA) is 111 Å². The van der Waals surface area contributed by atoms with Crippen LogP contribution in [0.15, 0.2) is 23.2 Å². The van der Waals surface area contributed by atoms with E-state index < -0.39 is 10.0 Å². The Labute approximate surface area is 146 Å². The Morgan fingerprint density at radius 1 is 1.20 bits per heavy atom. The number of nitrogens with zero attached hydrogens (tertiary/aromatic N) is 4. The van der Waals surface area contributed by atoms with Crippen LogP contribution in [0.4, 0.5) is 11.5 Å². The summed E-state index contributed by atoms with van der Waals surface area (Å²) in [6.45, 7) is 6.06. The van der Waals surface area contributed by atoms with Crippen molar-refractivity contribution in [2.75, 3.05) is 35.8 Å². The zero-order valence-corrected chi connectivity index (χ0v) is 14.9. The van der Waals surface area contributed by atoms with Crippen molar-refractivity contribution in [1.82, 2.24) is 20.1 Å². The van der Waals surface area contributed by atoms with Crippen LogP contribution in [0.2, 0.25) is 0 Å². The number of sulfonamides is 1. The smallest absolute Gasteiger partial charge is 0.266 e. The van der Waals surface area contributed by atoms with Gasteiger partial charge in [0.25, 0.3) is 10.0 Å². The third kappa shape index (κ3) is 3.58. The Kier molecular flexibility index (Phi) is 4.62. The van der Waals surface area contributed by atoms with Crippen LogP contribution in [0, 0.1) is 13.8 Å². The number of amides is 1. The van der Waals surface area contributed by atoms with Crippen molar-refractivity contribution in [2.24, 2.45) is 0 Å². The van der Waals surface area contributed by atoms with Gasteiger partial charge in [0, 0.05) is 26.2 Å². The molecule has 25 heavy (non-hydrogen) atoms. The van der Waals surface area contributed by atoms with E-state index in [1.54, 1.807) is 31.0 Å². The van der Waals surface area contributed by atoms with Crippen molar-refractivity contribution in [3.8, 4) is 0 Å². The van der Waals surface area contributed by atoms with Crippen LogP contribution in [-0.2, 0) is 14.8 Å². The molecular weight excluding hydrogens is 344 g/mol. The van der Waals surface area contributed by atoms with Gasteiger partial charge in [-0.05, 0) is 26.0 Å². The number of anilines is 2. The minimum Gasteiger partial charge on any atom is -0.367 e. The molecule has 0 atom stereocenters. The summed E-state index contributed by atoms with van der Waals surface area (Å²) in [7, 11) is -3.75. The zero-order valence-electron chi connectivity index (χ0n) is 14.1. The fraction of sp³-hybridized carbons (Fsp3) is 0.400. The Morgan fingerprint density at radius 2 is 1.92 bits per heavy atom. The second-order valence-electron chi connectivity index (χ2n) is 5.90. The Balaban J connectivity index is 1.72. The molecule has 0 aliphatic carbocycles. The zero-order chi connectivity index (χ0) is 18.0. The summed E-state index contributed by atoms with van der Waals surface area (Å²) in [4.78, 5) is 18.9. The van der Waals surface area contributed by atoms with Gasteiger partial charge in [-0.3, -0.25) is 14.6 Å². The Morgan fingerprint density at radius 3 is 2.44 bits per heavy atom. The van der Waals surface area contributed by atoms with Crippen molar-refractivity contribution in [2.45, 2.75) is 18.7 Å². The van der Waals surface area contributed by atoms with Crippen LogP contribution < -0.4 is 9.62 Å². The molecule has 9 nitrogen and oxygen atoms in total. The van der Waals surface area contributed by atoms with Crippen molar-refractivity contribution >= 4 is 27.9 Å². The number of rotatable bonds is 5. The van der Waals surface area contributed by atoms with Gasteiger partial charge >= 0.3 is 0 Å². The lowest BCUT2D eigenvalue weighted by Gasteiger charge is -2.33. The van der Waals surface area contributed by atoms with E-state index in [1.807, 2.05) is 6.07 Å². The van der Waals surface area contributed by atoms with Gasteiger partial charge in [-0.15, -0.1) is 0 Å². The normalized spacial score (nSPS) is 15.3. The quantitative estimate of drug-likeness (QED) is 0.748. The molecule has 10 heteroatoms. The minimum absolute atomic E-state index is 0.142. The van der Waals surface area contributed by atoms with Crippen LogP contribution >= 0.6 is 0 Å². The fourth-order valence-corrected chi connectivity index (χ4v) is 4.23. The molecule has 2 aromatic rings. The van der Waals surface area contributed by atoms with Gasteiger partial charge in [0.15, 0.2) is 0 Å². The molecular formula is C15H20N6O3S. The third-order valence-electron chi connectivity index (χ3n) is 4.14.